The SMILES string of the molecule is CC1(C)c2ccccc2-c2cc3c4ccccc4n(-c4ccc(-c5ccc6c(c5)-c5cccc7cccc-6c57)cc4)c3cc21.CC1(C)c2ccccc2-c2cc3c4ccccc4n(-c4cccc(-c5ccc6c(c5)-c5cccc7cccc-6c57)c4)c3cc21.c1ccc2c(c1)-c1cccc3c(-n4c5ccccc5c5cc6c(cc54)oc4ccccc46)ccc-2c13. The Morgan fingerprint density at radius 1 is 0.185 bits per heavy atom. The number of hydrogen-bond donors (Lipinski definition) is 0. The van der Waals surface area contributed by atoms with Gasteiger partial charge in [-0.1, -0.05) is 319 Å². The quantitative estimate of drug-likeness (QED) is 0.169. The van der Waals surface area contributed by atoms with Crippen molar-refractivity contribution in [1.82, 2.24) is 13.7 Å². The van der Waals surface area contributed by atoms with Crippen molar-refractivity contribution in [2.45, 2.75) is 38.5 Å². The smallest absolute Gasteiger partial charge is 0.137 e. The molecule has 0 atom stereocenters. The van der Waals surface area contributed by atoms with Gasteiger partial charge in [0.05, 0.1) is 38.8 Å². The fourth-order valence-electron chi connectivity index (χ4n) is 22.9. The van der Waals surface area contributed by atoms with Crippen molar-refractivity contribution in [3.8, 4) is 128 Å². The van der Waals surface area contributed by atoms with E-state index in [0.29, 0.717) is 0 Å². The predicted octanol–water partition coefficient (Wildman–Crippen LogP) is 32.6. The highest BCUT2D eigenvalue weighted by molar-refractivity contribution is 6.23. The minimum absolute atomic E-state index is 0.0389. The maximum absolute atomic E-state index is 6.31. The third kappa shape index (κ3) is 9.62. The molecule has 0 saturated heterocycles. The molecule has 0 amide bonds. The van der Waals surface area contributed by atoms with Gasteiger partial charge in [0, 0.05) is 76.7 Å². The topological polar surface area (TPSA) is 27.9 Å². The zero-order valence-corrected chi connectivity index (χ0v) is 68.8. The van der Waals surface area contributed by atoms with Crippen LogP contribution in [0, 0.1) is 0 Å². The van der Waals surface area contributed by atoms with Crippen molar-refractivity contribution in [2.75, 3.05) is 0 Å². The molecule has 0 radical (unpaired) electrons. The van der Waals surface area contributed by atoms with E-state index in [4.69, 9.17) is 4.42 Å². The fraction of sp³-hybridized carbons (Fsp3) is 0.0500. The summed E-state index contributed by atoms with van der Waals surface area (Å²) in [5.74, 6) is 0. The molecule has 0 bridgehead atoms. The molecule has 0 aliphatic heterocycles. The second-order valence-corrected chi connectivity index (χ2v) is 35.6. The van der Waals surface area contributed by atoms with E-state index < -0.39 is 0 Å². The van der Waals surface area contributed by atoms with Gasteiger partial charge in [-0.05, 0) is 258 Å². The molecular weight excluding hydrogens is 1500 g/mol. The number of fused-ring (bicyclic) bond motifs is 27. The molecule has 124 heavy (non-hydrogen) atoms. The average Bonchev–Trinajstić information content (AvgIpc) is 1.55. The number of aromatic nitrogens is 3. The number of benzene rings is 20. The van der Waals surface area contributed by atoms with Crippen molar-refractivity contribution >= 4 is 120 Å². The lowest BCUT2D eigenvalue weighted by atomic mass is 9.82. The number of nitrogens with zero attached hydrogens (tertiary/aromatic N) is 3. The van der Waals surface area contributed by atoms with Crippen LogP contribution in [0.25, 0.3) is 248 Å². The zero-order valence-electron chi connectivity index (χ0n) is 68.8. The van der Waals surface area contributed by atoms with Crippen LogP contribution in [0.5, 0.6) is 0 Å². The summed E-state index contributed by atoms with van der Waals surface area (Å²) in [5, 5.41) is 18.0. The van der Waals surface area contributed by atoms with Crippen LogP contribution in [0.15, 0.2) is 399 Å². The third-order valence-electron chi connectivity index (χ3n) is 28.6. The zero-order chi connectivity index (χ0) is 81.7. The summed E-state index contributed by atoms with van der Waals surface area (Å²) in [6.07, 6.45) is 0. The summed E-state index contributed by atoms with van der Waals surface area (Å²) in [5.41, 5.74) is 44.8. The number of para-hydroxylation sites is 4. The summed E-state index contributed by atoms with van der Waals surface area (Å²) in [4.78, 5) is 0. The number of furan rings is 1. The maximum Gasteiger partial charge on any atom is 0.137 e. The van der Waals surface area contributed by atoms with Gasteiger partial charge in [0.25, 0.3) is 0 Å². The van der Waals surface area contributed by atoms with Gasteiger partial charge < -0.3 is 18.1 Å². The van der Waals surface area contributed by atoms with E-state index >= 15 is 0 Å². The Morgan fingerprint density at radius 3 is 1.14 bits per heavy atom. The van der Waals surface area contributed by atoms with E-state index in [9.17, 15) is 0 Å². The molecule has 0 fully saturated rings. The highest BCUT2D eigenvalue weighted by Gasteiger charge is 2.39. The molecule has 4 nitrogen and oxygen atoms in total. The minimum Gasteiger partial charge on any atom is -0.456 e. The Hall–Kier alpha value is -15.6. The van der Waals surface area contributed by atoms with E-state index in [2.05, 4.69) is 424 Å². The Bertz CT molecular complexity index is 8830. The maximum atomic E-state index is 6.31. The first-order chi connectivity index (χ1) is 61.0. The highest BCUT2D eigenvalue weighted by Crippen LogP contribution is 2.57. The summed E-state index contributed by atoms with van der Waals surface area (Å²) in [6, 6.07) is 146. The predicted molar refractivity (Wildman–Crippen MR) is 521 cm³/mol. The molecule has 4 heterocycles. The normalized spacial score (nSPS) is 13.5. The Kier molecular flexibility index (Phi) is 14.2. The molecule has 0 N–H and O–H groups in total. The van der Waals surface area contributed by atoms with Gasteiger partial charge in [-0.3, -0.25) is 0 Å². The summed E-state index contributed by atoms with van der Waals surface area (Å²) < 4.78 is 13.7. The summed E-state index contributed by atoms with van der Waals surface area (Å²) in [7, 11) is 0. The first-order valence-electron chi connectivity index (χ1n) is 43.4. The van der Waals surface area contributed by atoms with E-state index in [1.807, 2.05) is 12.1 Å². The lowest BCUT2D eigenvalue weighted by Crippen LogP contribution is -2.14. The van der Waals surface area contributed by atoms with E-state index in [1.165, 1.54) is 248 Å². The second kappa shape index (κ2) is 25.5. The largest absolute Gasteiger partial charge is 0.456 e. The Labute approximate surface area is 716 Å². The molecule has 0 unspecified atom stereocenters. The highest BCUT2D eigenvalue weighted by atomic mass is 16.3. The Balaban J connectivity index is 0.0000000978. The monoisotopic (exact) mass is 1580 g/mol. The molecule has 24 aromatic rings. The van der Waals surface area contributed by atoms with Crippen molar-refractivity contribution in [1.29, 1.82) is 0 Å². The van der Waals surface area contributed by atoms with Gasteiger partial charge >= 0.3 is 0 Å². The van der Waals surface area contributed by atoms with Crippen LogP contribution in [-0.4, -0.2) is 13.7 Å². The van der Waals surface area contributed by atoms with E-state index in [1.54, 1.807) is 0 Å². The second-order valence-electron chi connectivity index (χ2n) is 35.6. The van der Waals surface area contributed by atoms with Gasteiger partial charge in [-0.2, -0.15) is 0 Å². The molecule has 4 heteroatoms. The average molecular weight is 1580 g/mol. The molecule has 20 aromatic carbocycles. The van der Waals surface area contributed by atoms with Gasteiger partial charge in [0.15, 0.2) is 0 Å². The summed E-state index contributed by atoms with van der Waals surface area (Å²) in [6.45, 7) is 9.45. The van der Waals surface area contributed by atoms with Crippen LogP contribution in [-0.2, 0) is 10.8 Å². The Morgan fingerprint density at radius 2 is 0.573 bits per heavy atom. The molecule has 0 saturated carbocycles. The van der Waals surface area contributed by atoms with Crippen LogP contribution in [0.2, 0.25) is 0 Å². The lowest BCUT2D eigenvalue weighted by Gasteiger charge is -2.21. The number of rotatable bonds is 5. The van der Waals surface area contributed by atoms with Crippen LogP contribution in [0.4, 0.5) is 0 Å². The van der Waals surface area contributed by atoms with Gasteiger partial charge in [-0.25, -0.2) is 0 Å². The molecule has 5 aliphatic rings. The molecule has 5 aliphatic carbocycles. The van der Waals surface area contributed by atoms with Gasteiger partial charge in [-0.15, -0.1) is 0 Å². The van der Waals surface area contributed by atoms with Gasteiger partial charge in [0.1, 0.15) is 11.2 Å². The van der Waals surface area contributed by atoms with Crippen LogP contribution >= 0.6 is 0 Å². The van der Waals surface area contributed by atoms with Crippen molar-refractivity contribution < 1.29 is 4.42 Å². The molecule has 4 aromatic heterocycles. The number of hydrogen-bond acceptors (Lipinski definition) is 1. The minimum atomic E-state index is -0.0475. The molecular formula is C120H77N3O. The van der Waals surface area contributed by atoms with Crippen LogP contribution in [0.1, 0.15) is 49.9 Å². The molecule has 578 valence electrons. The van der Waals surface area contributed by atoms with Crippen LogP contribution in [0.3, 0.4) is 0 Å². The third-order valence-corrected chi connectivity index (χ3v) is 28.6. The first-order valence-corrected chi connectivity index (χ1v) is 43.4. The van der Waals surface area contributed by atoms with E-state index in [-0.39, 0.29) is 10.8 Å². The van der Waals surface area contributed by atoms with Crippen molar-refractivity contribution in [3.63, 3.8) is 0 Å². The lowest BCUT2D eigenvalue weighted by molar-refractivity contribution is 0.661. The van der Waals surface area contributed by atoms with Crippen molar-refractivity contribution in [2.24, 2.45) is 0 Å². The first kappa shape index (κ1) is 69.2. The summed E-state index contributed by atoms with van der Waals surface area (Å²) >= 11 is 0. The molecule has 29 rings (SSSR count). The fourth-order valence-corrected chi connectivity index (χ4v) is 22.9. The van der Waals surface area contributed by atoms with Gasteiger partial charge in [0.2, 0.25) is 0 Å². The standard InChI is InChI=1S/2C43H29N.C34H19NO/c1-43(2)38-18-5-3-14-31(38)36-24-37-32-15-4-6-19-40(32)44(41(37)25-39(36)43)29-13-7-12-27(22-29)28-20-21-30-33-16-8-10-26-11-9-17-34(42(26)33)35(30)23-28;1-43(2)38-15-5-3-11-31(38)36-24-37-32-12-4-6-16-40(32)44(41(37)25-39(36)43)29-20-17-26(18-21-29)28-19-22-30-33-13-7-9-27-10-8-14-34(42(27)33)35(30)23-28;1-2-9-21-20(8-1)24-12-7-13-26-30(17-16-25(21)34(24)26)35-29-14-5-3-10-22(29)27-18-28-23-11-4-6-15-32(23)36-33(28)19-31(27)35/h2*3-25H,1-2H3;1-19H. The van der Waals surface area contributed by atoms with E-state index in [0.717, 1.165) is 21.9 Å². The molecule has 0 spiro atoms. The van der Waals surface area contributed by atoms with Crippen molar-refractivity contribution in [3.05, 3.63) is 417 Å². The van der Waals surface area contributed by atoms with Crippen LogP contribution < -0.4 is 0 Å².